The molecule has 1 aromatic rings. The number of hydrogen-bond donors (Lipinski definition) is 3. The summed E-state index contributed by atoms with van der Waals surface area (Å²) in [5.41, 5.74) is 8.18. The Morgan fingerprint density at radius 3 is 2.94 bits per heavy atom. The van der Waals surface area contributed by atoms with E-state index in [2.05, 4.69) is 32.2 Å². The molecule has 2 heterocycles. The highest BCUT2D eigenvalue weighted by atomic mass is 15.3. The van der Waals surface area contributed by atoms with Crippen LogP contribution in [0.4, 0.5) is 17.6 Å². The number of hydrazine groups is 1. The molecule has 0 radical (unpaired) electrons. The molecule has 1 aliphatic rings. The van der Waals surface area contributed by atoms with Crippen LogP contribution in [0.3, 0.4) is 0 Å². The number of hydrogen-bond acceptors (Lipinski definition) is 7. The highest BCUT2D eigenvalue weighted by molar-refractivity contribution is 5.52. The van der Waals surface area contributed by atoms with Crippen LogP contribution >= 0.6 is 0 Å². The minimum absolute atomic E-state index is 0.233. The summed E-state index contributed by atoms with van der Waals surface area (Å²) in [6.07, 6.45) is 2.37. The predicted molar refractivity (Wildman–Crippen MR) is 73.2 cm³/mol. The number of piperidine rings is 1. The molecule has 1 fully saturated rings. The predicted octanol–water partition coefficient (Wildman–Crippen LogP) is -0.125. The molecule has 0 spiro atoms. The number of nitrogen functional groups attached to an aromatic ring is 2. The smallest absolute Gasteiger partial charge is 0.223 e. The summed E-state index contributed by atoms with van der Waals surface area (Å²) < 4.78 is 0. The molecule has 1 aromatic heterocycles. The molecule has 1 aliphatic heterocycles. The molecular weight excluding hydrogens is 230 g/mol. The average Bonchev–Trinajstić information content (AvgIpc) is 2.37. The van der Waals surface area contributed by atoms with Crippen molar-refractivity contribution in [1.82, 2.24) is 14.9 Å². The standard InChI is InChI=1S/C11H21N7/c1-17-5-3-4-8(7-17)18(2)10-6-9(16-13)14-11(12)15-10/h6,8H,3-5,7,13H2,1-2H3,(H3,12,14,15,16). The van der Waals surface area contributed by atoms with E-state index in [-0.39, 0.29) is 5.95 Å². The van der Waals surface area contributed by atoms with Crippen molar-refractivity contribution in [2.75, 3.05) is 43.2 Å². The van der Waals surface area contributed by atoms with E-state index in [1.807, 2.05) is 13.1 Å². The fourth-order valence-electron chi connectivity index (χ4n) is 2.35. The Kier molecular flexibility index (Phi) is 3.83. The second-order valence-corrected chi connectivity index (χ2v) is 4.78. The van der Waals surface area contributed by atoms with Gasteiger partial charge in [0.2, 0.25) is 5.95 Å². The normalized spacial score (nSPS) is 20.7. The van der Waals surface area contributed by atoms with Crippen LogP contribution in [0.1, 0.15) is 12.8 Å². The van der Waals surface area contributed by atoms with E-state index >= 15 is 0 Å². The fourth-order valence-corrected chi connectivity index (χ4v) is 2.35. The van der Waals surface area contributed by atoms with Gasteiger partial charge in [0, 0.05) is 25.7 Å². The van der Waals surface area contributed by atoms with Crippen LogP contribution in [0.15, 0.2) is 6.07 Å². The molecule has 2 rings (SSSR count). The number of nitrogens with one attached hydrogen (secondary N) is 1. The van der Waals surface area contributed by atoms with E-state index in [4.69, 9.17) is 11.6 Å². The first-order valence-electron chi connectivity index (χ1n) is 6.12. The van der Waals surface area contributed by atoms with Crippen molar-refractivity contribution in [1.29, 1.82) is 0 Å². The van der Waals surface area contributed by atoms with Gasteiger partial charge < -0.3 is 21.0 Å². The molecule has 0 aliphatic carbocycles. The number of rotatable bonds is 3. The Bertz CT molecular complexity index is 408. The van der Waals surface area contributed by atoms with Crippen LogP contribution < -0.4 is 21.9 Å². The lowest BCUT2D eigenvalue weighted by Crippen LogP contribution is -2.45. The first-order valence-corrected chi connectivity index (χ1v) is 6.12. The van der Waals surface area contributed by atoms with Crippen molar-refractivity contribution in [2.45, 2.75) is 18.9 Å². The van der Waals surface area contributed by atoms with Crippen molar-refractivity contribution < 1.29 is 0 Å². The third kappa shape index (κ3) is 2.80. The Morgan fingerprint density at radius 1 is 1.50 bits per heavy atom. The van der Waals surface area contributed by atoms with Gasteiger partial charge in [-0.3, -0.25) is 0 Å². The van der Waals surface area contributed by atoms with Crippen LogP contribution in [0, 0.1) is 0 Å². The summed E-state index contributed by atoms with van der Waals surface area (Å²) in [4.78, 5) is 12.7. The number of anilines is 3. The van der Waals surface area contributed by atoms with Crippen molar-refractivity contribution in [3.8, 4) is 0 Å². The van der Waals surface area contributed by atoms with Crippen molar-refractivity contribution in [3.05, 3.63) is 6.07 Å². The first kappa shape index (κ1) is 12.8. The van der Waals surface area contributed by atoms with E-state index in [0.29, 0.717) is 11.9 Å². The van der Waals surface area contributed by atoms with Crippen LogP contribution in [0.2, 0.25) is 0 Å². The SMILES string of the molecule is CN1CCCC(N(C)c2cc(NN)nc(N)n2)C1. The zero-order valence-corrected chi connectivity index (χ0v) is 10.9. The third-order valence-electron chi connectivity index (χ3n) is 3.39. The monoisotopic (exact) mass is 251 g/mol. The van der Waals surface area contributed by atoms with Crippen LogP contribution in [-0.2, 0) is 0 Å². The Balaban J connectivity index is 2.16. The number of likely N-dealkylation sites (N-methyl/N-ethyl adjacent to an activating group) is 2. The van der Waals surface area contributed by atoms with Gasteiger partial charge in [0.25, 0.3) is 0 Å². The van der Waals surface area contributed by atoms with Gasteiger partial charge in [-0.15, -0.1) is 0 Å². The molecule has 100 valence electrons. The van der Waals surface area contributed by atoms with Crippen LogP contribution in [0.5, 0.6) is 0 Å². The molecule has 0 bridgehead atoms. The molecule has 1 unspecified atom stereocenters. The summed E-state index contributed by atoms with van der Waals surface area (Å²) in [6.45, 7) is 2.19. The topological polar surface area (TPSA) is 96.3 Å². The van der Waals surface area contributed by atoms with Gasteiger partial charge in [-0.1, -0.05) is 0 Å². The molecule has 5 N–H and O–H groups in total. The molecule has 1 saturated heterocycles. The summed E-state index contributed by atoms with van der Waals surface area (Å²) in [5, 5.41) is 0. The number of nitrogens with two attached hydrogens (primary N) is 2. The van der Waals surface area contributed by atoms with Gasteiger partial charge in [0.05, 0.1) is 0 Å². The summed E-state index contributed by atoms with van der Waals surface area (Å²) in [7, 11) is 4.17. The molecule has 0 saturated carbocycles. The number of likely N-dealkylation sites (tertiary alicyclic amines) is 1. The van der Waals surface area contributed by atoms with Crippen molar-refractivity contribution >= 4 is 17.6 Å². The molecule has 7 nitrogen and oxygen atoms in total. The number of aromatic nitrogens is 2. The maximum atomic E-state index is 5.67. The van der Waals surface area contributed by atoms with Gasteiger partial charge in [0.15, 0.2) is 0 Å². The summed E-state index contributed by atoms with van der Waals surface area (Å²) in [6, 6.07) is 2.26. The highest BCUT2D eigenvalue weighted by Crippen LogP contribution is 2.21. The van der Waals surface area contributed by atoms with E-state index in [9.17, 15) is 0 Å². The maximum absolute atomic E-state index is 5.67. The average molecular weight is 251 g/mol. The van der Waals surface area contributed by atoms with Crippen molar-refractivity contribution in [3.63, 3.8) is 0 Å². The van der Waals surface area contributed by atoms with Gasteiger partial charge >= 0.3 is 0 Å². The first-order chi connectivity index (χ1) is 8.60. The largest absolute Gasteiger partial charge is 0.368 e. The zero-order valence-electron chi connectivity index (χ0n) is 10.9. The second-order valence-electron chi connectivity index (χ2n) is 4.78. The van der Waals surface area contributed by atoms with Gasteiger partial charge in [-0.25, -0.2) is 5.84 Å². The zero-order chi connectivity index (χ0) is 13.1. The van der Waals surface area contributed by atoms with Crippen LogP contribution in [-0.4, -0.2) is 48.1 Å². The van der Waals surface area contributed by atoms with Gasteiger partial charge in [-0.05, 0) is 26.4 Å². The van der Waals surface area contributed by atoms with E-state index in [1.165, 1.54) is 6.42 Å². The third-order valence-corrected chi connectivity index (χ3v) is 3.39. The molecule has 1 atom stereocenters. The summed E-state index contributed by atoms with van der Waals surface area (Å²) in [5.74, 6) is 6.94. The molecule has 0 aromatic carbocycles. The maximum Gasteiger partial charge on any atom is 0.223 e. The van der Waals surface area contributed by atoms with Crippen LogP contribution in [0.25, 0.3) is 0 Å². The van der Waals surface area contributed by atoms with Gasteiger partial charge in [-0.2, -0.15) is 9.97 Å². The fraction of sp³-hybridized carbons (Fsp3) is 0.636. The molecule has 7 heteroatoms. The van der Waals surface area contributed by atoms with Gasteiger partial charge in [0.1, 0.15) is 11.6 Å². The van der Waals surface area contributed by atoms with E-state index < -0.39 is 0 Å². The molecular formula is C11H21N7. The minimum atomic E-state index is 0.233. The minimum Gasteiger partial charge on any atom is -0.368 e. The highest BCUT2D eigenvalue weighted by Gasteiger charge is 2.22. The Labute approximate surface area is 107 Å². The Morgan fingerprint density at radius 2 is 2.28 bits per heavy atom. The quantitative estimate of drug-likeness (QED) is 0.509. The second kappa shape index (κ2) is 5.36. The van der Waals surface area contributed by atoms with Crippen molar-refractivity contribution in [2.24, 2.45) is 5.84 Å². The van der Waals surface area contributed by atoms with E-state index in [0.717, 1.165) is 25.3 Å². The number of nitrogens with zero attached hydrogens (tertiary/aromatic N) is 4. The summed E-state index contributed by atoms with van der Waals surface area (Å²) >= 11 is 0. The lowest BCUT2D eigenvalue weighted by atomic mass is 10.1. The molecule has 18 heavy (non-hydrogen) atoms. The van der Waals surface area contributed by atoms with E-state index in [1.54, 1.807) is 0 Å². The lowest BCUT2D eigenvalue weighted by Gasteiger charge is -2.36. The lowest BCUT2D eigenvalue weighted by molar-refractivity contribution is 0.247. The Hall–Kier alpha value is -1.60. The molecule has 0 amide bonds.